The molecule has 2 fully saturated rings. The molecule has 2 saturated heterocycles. The van der Waals surface area contributed by atoms with Gasteiger partial charge in [-0.25, -0.2) is 0 Å². The fourth-order valence-electron chi connectivity index (χ4n) is 6.60. The van der Waals surface area contributed by atoms with Crippen LogP contribution in [0.5, 0.6) is 0 Å². The van der Waals surface area contributed by atoms with Crippen LogP contribution in [-0.2, 0) is 14.4 Å². The molecule has 7 nitrogen and oxygen atoms in total. The number of nitriles is 1. The van der Waals surface area contributed by atoms with E-state index in [0.717, 1.165) is 33.0 Å². The second-order valence-corrected chi connectivity index (χ2v) is 10.9. The number of hydrogen-bond acceptors (Lipinski definition) is 6. The molecule has 5 aliphatic rings. The highest BCUT2D eigenvalue weighted by Gasteiger charge is 2.59. The quantitative estimate of drug-likeness (QED) is 0.409. The second kappa shape index (κ2) is 8.61. The van der Waals surface area contributed by atoms with Crippen LogP contribution in [0.2, 0.25) is 0 Å². The van der Waals surface area contributed by atoms with Crippen molar-refractivity contribution < 1.29 is 14.4 Å². The van der Waals surface area contributed by atoms with E-state index in [1.54, 1.807) is 0 Å². The first-order chi connectivity index (χ1) is 18.6. The zero-order valence-electron chi connectivity index (χ0n) is 20.2. The number of anilines is 1. The maximum absolute atomic E-state index is 14.1. The Kier molecular flexibility index (Phi) is 5.17. The Labute approximate surface area is 223 Å². The average molecular weight is 519 g/mol. The number of rotatable bonds is 2. The van der Waals surface area contributed by atoms with Crippen LogP contribution in [0.4, 0.5) is 5.69 Å². The SMILES string of the molecule is N#C/C(C(=O)N1NC(=O)C2C3c4ccccc4C(c4ccccc43)C2C1=O)=C1\SCCN1c1ccccc1. The van der Waals surface area contributed by atoms with Crippen LogP contribution >= 0.6 is 11.8 Å². The standard InChI is InChI=1S/C30H22N4O3S/c31-16-22(30-33(14-15-38-30)17-8-2-1-3-9-17)28(36)34-29(37)26-24-20-12-6-4-10-18(20)23(25(26)27(35)32-34)19-11-5-7-13-21(19)24/h1-13,23-26H,14-15H2,(H,32,35)/b30-22+. The number of hydrazine groups is 1. The molecule has 0 spiro atoms. The Morgan fingerprint density at radius 3 is 1.97 bits per heavy atom. The fourth-order valence-corrected chi connectivity index (χ4v) is 7.70. The molecular formula is C30H22N4O3S. The lowest BCUT2D eigenvalue weighted by molar-refractivity contribution is -0.165. The minimum atomic E-state index is -0.794. The van der Waals surface area contributed by atoms with Gasteiger partial charge in [0.25, 0.3) is 11.8 Å². The summed E-state index contributed by atoms with van der Waals surface area (Å²) in [5.74, 6) is -2.90. The molecule has 3 aromatic carbocycles. The number of carbonyl (C=O) groups is 3. The van der Waals surface area contributed by atoms with Crippen molar-refractivity contribution >= 4 is 35.2 Å². The van der Waals surface area contributed by atoms with Gasteiger partial charge in [0.05, 0.1) is 16.9 Å². The number of nitrogens with one attached hydrogen (secondary N) is 1. The minimum Gasteiger partial charge on any atom is -0.334 e. The molecule has 2 bridgehead atoms. The fraction of sp³-hybridized carbons (Fsp3) is 0.200. The van der Waals surface area contributed by atoms with Crippen LogP contribution in [-0.4, -0.2) is 35.0 Å². The van der Waals surface area contributed by atoms with Gasteiger partial charge < -0.3 is 4.90 Å². The van der Waals surface area contributed by atoms with Crippen LogP contribution in [0, 0.1) is 23.2 Å². The predicted octanol–water partition coefficient (Wildman–Crippen LogP) is 3.90. The molecule has 8 rings (SSSR count). The van der Waals surface area contributed by atoms with E-state index < -0.39 is 23.7 Å². The smallest absolute Gasteiger partial charge is 0.292 e. The van der Waals surface area contributed by atoms with Crippen molar-refractivity contribution in [3.05, 3.63) is 112 Å². The van der Waals surface area contributed by atoms with Crippen molar-refractivity contribution in [2.75, 3.05) is 17.2 Å². The molecule has 0 radical (unpaired) electrons. The third kappa shape index (κ3) is 3.12. The summed E-state index contributed by atoms with van der Waals surface area (Å²) in [6.45, 7) is 0.630. The zero-order chi connectivity index (χ0) is 26.0. The topological polar surface area (TPSA) is 93.5 Å². The number of imide groups is 1. The normalized spacial score (nSPS) is 26.2. The van der Waals surface area contributed by atoms with E-state index in [9.17, 15) is 19.6 Å². The monoisotopic (exact) mass is 518 g/mol. The number of nitrogens with zero attached hydrogens (tertiary/aromatic N) is 3. The van der Waals surface area contributed by atoms with Crippen molar-refractivity contribution in [2.45, 2.75) is 11.8 Å². The van der Waals surface area contributed by atoms with Gasteiger partial charge >= 0.3 is 0 Å². The third-order valence-corrected chi connectivity index (χ3v) is 9.16. The average Bonchev–Trinajstić information content (AvgIpc) is 3.45. The molecule has 8 heteroatoms. The summed E-state index contributed by atoms with van der Waals surface area (Å²) in [5.41, 5.74) is 7.46. The molecule has 3 aliphatic carbocycles. The predicted molar refractivity (Wildman–Crippen MR) is 142 cm³/mol. The van der Waals surface area contributed by atoms with Crippen molar-refractivity contribution in [3.8, 4) is 6.07 Å². The molecule has 38 heavy (non-hydrogen) atoms. The molecule has 0 aromatic heterocycles. The van der Waals surface area contributed by atoms with Crippen LogP contribution in [0.1, 0.15) is 34.1 Å². The highest BCUT2D eigenvalue weighted by atomic mass is 32.2. The Balaban J connectivity index is 1.30. The van der Waals surface area contributed by atoms with Crippen molar-refractivity contribution in [1.82, 2.24) is 10.4 Å². The molecule has 3 amide bonds. The lowest BCUT2D eigenvalue weighted by Gasteiger charge is -2.52. The summed E-state index contributed by atoms with van der Waals surface area (Å²) in [5, 5.41) is 11.4. The van der Waals surface area contributed by atoms with E-state index >= 15 is 0 Å². The van der Waals surface area contributed by atoms with Crippen molar-refractivity contribution in [1.29, 1.82) is 5.26 Å². The van der Waals surface area contributed by atoms with Crippen LogP contribution < -0.4 is 10.3 Å². The summed E-state index contributed by atoms with van der Waals surface area (Å²) >= 11 is 1.40. The maximum atomic E-state index is 14.1. The summed E-state index contributed by atoms with van der Waals surface area (Å²) in [6.07, 6.45) is 0. The molecular weight excluding hydrogens is 496 g/mol. The number of amides is 3. The van der Waals surface area contributed by atoms with Crippen LogP contribution in [0.25, 0.3) is 0 Å². The number of hydrogen-bond donors (Lipinski definition) is 1. The van der Waals surface area contributed by atoms with Crippen LogP contribution in [0.15, 0.2) is 89.5 Å². The van der Waals surface area contributed by atoms with E-state index in [1.807, 2.05) is 89.8 Å². The molecule has 186 valence electrons. The lowest BCUT2D eigenvalue weighted by atomic mass is 9.53. The Morgan fingerprint density at radius 1 is 0.842 bits per heavy atom. The van der Waals surface area contributed by atoms with Gasteiger partial charge in [0.2, 0.25) is 5.91 Å². The van der Waals surface area contributed by atoms with E-state index in [-0.39, 0.29) is 23.3 Å². The molecule has 3 aromatic rings. The number of carbonyl (C=O) groups excluding carboxylic acids is 3. The summed E-state index contributed by atoms with van der Waals surface area (Å²) in [7, 11) is 0. The van der Waals surface area contributed by atoms with E-state index in [2.05, 4.69) is 5.43 Å². The number of benzene rings is 3. The number of thioether (sulfide) groups is 1. The van der Waals surface area contributed by atoms with Gasteiger partial charge in [-0.3, -0.25) is 19.8 Å². The molecule has 0 saturated carbocycles. The lowest BCUT2D eigenvalue weighted by Crippen LogP contribution is -2.65. The van der Waals surface area contributed by atoms with Gasteiger partial charge in [0.1, 0.15) is 11.6 Å². The zero-order valence-corrected chi connectivity index (χ0v) is 21.0. The summed E-state index contributed by atoms with van der Waals surface area (Å²) < 4.78 is 0. The van der Waals surface area contributed by atoms with Gasteiger partial charge in [0.15, 0.2) is 0 Å². The molecule has 2 heterocycles. The van der Waals surface area contributed by atoms with Gasteiger partial charge in [-0.05, 0) is 34.4 Å². The first kappa shape index (κ1) is 22.8. The van der Waals surface area contributed by atoms with E-state index in [1.165, 1.54) is 11.8 Å². The molecule has 2 unspecified atom stereocenters. The minimum absolute atomic E-state index is 0.148. The van der Waals surface area contributed by atoms with E-state index in [4.69, 9.17) is 0 Å². The van der Waals surface area contributed by atoms with E-state index in [0.29, 0.717) is 17.3 Å². The number of para-hydroxylation sites is 1. The van der Waals surface area contributed by atoms with Crippen molar-refractivity contribution in [3.63, 3.8) is 0 Å². The maximum Gasteiger partial charge on any atom is 0.292 e. The Bertz CT molecular complexity index is 1550. The first-order valence-corrected chi connectivity index (χ1v) is 13.5. The Morgan fingerprint density at radius 2 is 1.39 bits per heavy atom. The third-order valence-electron chi connectivity index (χ3n) is 8.08. The van der Waals surface area contributed by atoms with Gasteiger partial charge in [0, 0.05) is 29.8 Å². The van der Waals surface area contributed by atoms with Gasteiger partial charge in [-0.2, -0.15) is 10.3 Å². The van der Waals surface area contributed by atoms with Gasteiger partial charge in [-0.15, -0.1) is 11.8 Å². The Hall–Kier alpha value is -4.35. The summed E-state index contributed by atoms with van der Waals surface area (Å²) in [4.78, 5) is 43.4. The largest absolute Gasteiger partial charge is 0.334 e. The van der Waals surface area contributed by atoms with Crippen LogP contribution in [0.3, 0.4) is 0 Å². The molecule has 1 N–H and O–H groups in total. The second-order valence-electron chi connectivity index (χ2n) is 9.85. The van der Waals surface area contributed by atoms with Crippen molar-refractivity contribution in [2.24, 2.45) is 11.8 Å². The highest BCUT2D eigenvalue weighted by Crippen LogP contribution is 2.59. The first-order valence-electron chi connectivity index (χ1n) is 12.6. The highest BCUT2D eigenvalue weighted by molar-refractivity contribution is 8.03. The summed E-state index contributed by atoms with van der Waals surface area (Å²) in [6, 6.07) is 27.4. The molecule has 2 atom stereocenters. The molecule has 2 aliphatic heterocycles. The van der Waals surface area contributed by atoms with Gasteiger partial charge in [-0.1, -0.05) is 66.7 Å².